The van der Waals surface area contributed by atoms with Crippen molar-refractivity contribution in [3.05, 3.63) is 29.8 Å². The minimum absolute atomic E-state index is 0.0430. The second-order valence-electron chi connectivity index (χ2n) is 8.36. The number of ether oxygens (including phenoxy) is 2. The Morgan fingerprint density at radius 3 is 2.89 bits per heavy atom. The van der Waals surface area contributed by atoms with Crippen molar-refractivity contribution >= 4 is 5.97 Å². The maximum absolute atomic E-state index is 10.8. The molecule has 6 heteroatoms. The lowest BCUT2D eigenvalue weighted by Gasteiger charge is -2.34. The molecule has 1 aliphatic rings. The number of carboxylic acid groups (broad SMARTS) is 1. The lowest BCUT2D eigenvalue weighted by Crippen LogP contribution is -2.47. The van der Waals surface area contributed by atoms with Gasteiger partial charge in [0.25, 0.3) is 0 Å². The topological polar surface area (TPSA) is 62.2 Å². The second-order valence-corrected chi connectivity index (χ2v) is 8.36. The molecule has 6 nitrogen and oxygen atoms in total. The van der Waals surface area contributed by atoms with Gasteiger partial charge in [-0.25, -0.2) is 0 Å². The highest BCUT2D eigenvalue weighted by Crippen LogP contribution is 2.25. The van der Waals surface area contributed by atoms with Gasteiger partial charge in [-0.2, -0.15) is 0 Å². The minimum atomic E-state index is -0.808. The van der Waals surface area contributed by atoms with Gasteiger partial charge in [0.1, 0.15) is 5.75 Å². The van der Waals surface area contributed by atoms with Crippen molar-refractivity contribution in [2.75, 3.05) is 53.0 Å². The summed E-state index contributed by atoms with van der Waals surface area (Å²) in [7, 11) is 1.82. The Kier molecular flexibility index (Phi) is 8.07. The van der Waals surface area contributed by atoms with Crippen molar-refractivity contribution in [3.8, 4) is 5.75 Å². The third kappa shape index (κ3) is 7.87. The number of carbonyl (C=O) groups is 1. The Hall–Kier alpha value is -1.63. The number of likely N-dealkylation sites (N-methyl/N-ethyl adjacent to an activating group) is 1. The van der Waals surface area contributed by atoms with Gasteiger partial charge < -0.3 is 14.6 Å². The van der Waals surface area contributed by atoms with Crippen molar-refractivity contribution in [1.82, 2.24) is 9.80 Å². The molecule has 1 fully saturated rings. The third-order valence-corrected chi connectivity index (χ3v) is 4.73. The van der Waals surface area contributed by atoms with E-state index in [9.17, 15) is 4.79 Å². The zero-order chi connectivity index (χ0) is 19.9. The quantitative estimate of drug-likeness (QED) is 0.666. The molecule has 1 aliphatic heterocycles. The van der Waals surface area contributed by atoms with E-state index in [2.05, 4.69) is 43.9 Å². The third-order valence-electron chi connectivity index (χ3n) is 4.73. The van der Waals surface area contributed by atoms with Gasteiger partial charge >= 0.3 is 5.97 Å². The molecule has 1 atom stereocenters. The van der Waals surface area contributed by atoms with E-state index < -0.39 is 5.97 Å². The molecule has 0 saturated carbocycles. The highest BCUT2D eigenvalue weighted by Gasteiger charge is 2.22. The van der Waals surface area contributed by atoms with E-state index >= 15 is 0 Å². The first-order valence-electron chi connectivity index (χ1n) is 9.71. The summed E-state index contributed by atoms with van der Waals surface area (Å²) in [4.78, 5) is 14.9. The van der Waals surface area contributed by atoms with Gasteiger partial charge in [-0.3, -0.25) is 14.6 Å². The highest BCUT2D eigenvalue weighted by molar-refractivity contribution is 5.69. The number of hydrogen-bond donors (Lipinski definition) is 1. The molecule has 2 rings (SSSR count). The fraction of sp³-hybridized carbons (Fsp3) is 0.667. The summed E-state index contributed by atoms with van der Waals surface area (Å²) in [6.45, 7) is 11.4. The lowest BCUT2D eigenvalue weighted by molar-refractivity contribution is -0.138. The second kappa shape index (κ2) is 10.1. The van der Waals surface area contributed by atoms with E-state index in [0.717, 1.165) is 31.8 Å². The molecule has 0 bridgehead atoms. The van der Waals surface area contributed by atoms with Crippen LogP contribution in [0.4, 0.5) is 0 Å². The smallest absolute Gasteiger partial charge is 0.317 e. The number of nitrogens with zero attached hydrogens (tertiary/aromatic N) is 2. The Bertz CT molecular complexity index is 600. The number of carboxylic acids is 1. The predicted molar refractivity (Wildman–Crippen MR) is 107 cm³/mol. The molecular formula is C21H34N2O4. The zero-order valence-electron chi connectivity index (χ0n) is 17.1. The fourth-order valence-corrected chi connectivity index (χ4v) is 3.27. The number of aliphatic carboxylic acids is 1. The molecule has 0 aliphatic carbocycles. The molecule has 0 radical (unpaired) electrons. The average molecular weight is 379 g/mol. The Morgan fingerprint density at radius 1 is 1.41 bits per heavy atom. The van der Waals surface area contributed by atoms with Crippen LogP contribution in [0.2, 0.25) is 0 Å². The minimum Gasteiger partial charge on any atom is -0.494 e. The summed E-state index contributed by atoms with van der Waals surface area (Å²) >= 11 is 0. The molecule has 1 aromatic carbocycles. The van der Waals surface area contributed by atoms with E-state index in [-0.39, 0.29) is 18.1 Å². The molecule has 1 saturated heterocycles. The molecule has 27 heavy (non-hydrogen) atoms. The highest BCUT2D eigenvalue weighted by atomic mass is 16.5. The monoisotopic (exact) mass is 378 g/mol. The van der Waals surface area contributed by atoms with Gasteiger partial charge in [0, 0.05) is 26.2 Å². The lowest BCUT2D eigenvalue weighted by atomic mass is 9.87. The van der Waals surface area contributed by atoms with Crippen LogP contribution in [0, 0.1) is 0 Å². The zero-order valence-corrected chi connectivity index (χ0v) is 17.1. The van der Waals surface area contributed by atoms with Crippen LogP contribution >= 0.6 is 0 Å². The van der Waals surface area contributed by atoms with Crippen LogP contribution < -0.4 is 4.74 Å². The molecule has 0 aromatic heterocycles. The summed E-state index contributed by atoms with van der Waals surface area (Å²) in [6.07, 6.45) is 1.02. The van der Waals surface area contributed by atoms with Crippen LogP contribution in [0.1, 0.15) is 32.8 Å². The predicted octanol–water partition coefficient (Wildman–Crippen LogP) is 2.47. The van der Waals surface area contributed by atoms with Crippen molar-refractivity contribution in [2.24, 2.45) is 0 Å². The number of rotatable bonds is 9. The van der Waals surface area contributed by atoms with Gasteiger partial charge in [0.05, 0.1) is 25.9 Å². The molecule has 152 valence electrons. The van der Waals surface area contributed by atoms with Crippen LogP contribution in [0.3, 0.4) is 0 Å². The molecule has 0 spiro atoms. The Labute approximate surface area is 163 Å². The van der Waals surface area contributed by atoms with Crippen LogP contribution in [0.5, 0.6) is 5.75 Å². The van der Waals surface area contributed by atoms with Crippen LogP contribution in [0.15, 0.2) is 24.3 Å². The van der Waals surface area contributed by atoms with E-state index in [1.54, 1.807) is 4.90 Å². The summed E-state index contributed by atoms with van der Waals surface area (Å²) in [5, 5.41) is 8.86. The van der Waals surface area contributed by atoms with Gasteiger partial charge in [0.2, 0.25) is 0 Å². The molecular weight excluding hydrogens is 344 g/mol. The van der Waals surface area contributed by atoms with Crippen molar-refractivity contribution in [1.29, 1.82) is 0 Å². The molecule has 1 heterocycles. The first kappa shape index (κ1) is 21.7. The first-order valence-corrected chi connectivity index (χ1v) is 9.71. The summed E-state index contributed by atoms with van der Waals surface area (Å²) in [5.41, 5.74) is 1.40. The van der Waals surface area contributed by atoms with Crippen LogP contribution in [0.25, 0.3) is 0 Å². The van der Waals surface area contributed by atoms with Gasteiger partial charge in [-0.1, -0.05) is 32.9 Å². The van der Waals surface area contributed by atoms with Gasteiger partial charge in [0.15, 0.2) is 0 Å². The van der Waals surface area contributed by atoms with Crippen LogP contribution in [-0.2, 0) is 14.9 Å². The normalized spacial score (nSPS) is 18.6. The Balaban J connectivity index is 1.70. The summed E-state index contributed by atoms with van der Waals surface area (Å²) in [6, 6.07) is 8.33. The van der Waals surface area contributed by atoms with Gasteiger partial charge in [-0.05, 0) is 36.6 Å². The van der Waals surface area contributed by atoms with Crippen LogP contribution in [-0.4, -0.2) is 80.0 Å². The van der Waals surface area contributed by atoms with E-state index in [1.807, 2.05) is 13.1 Å². The maximum atomic E-state index is 10.8. The summed E-state index contributed by atoms with van der Waals surface area (Å²) < 4.78 is 11.7. The fourth-order valence-electron chi connectivity index (χ4n) is 3.27. The maximum Gasteiger partial charge on any atom is 0.317 e. The first-order chi connectivity index (χ1) is 12.7. The molecule has 1 N–H and O–H groups in total. The average Bonchev–Trinajstić information content (AvgIpc) is 2.58. The largest absolute Gasteiger partial charge is 0.494 e. The molecule has 0 amide bonds. The summed E-state index contributed by atoms with van der Waals surface area (Å²) in [5.74, 6) is 0.121. The van der Waals surface area contributed by atoms with E-state index in [1.165, 1.54) is 5.56 Å². The molecule has 1 aromatic rings. The van der Waals surface area contributed by atoms with Gasteiger partial charge in [-0.15, -0.1) is 0 Å². The number of morpholine rings is 1. The van der Waals surface area contributed by atoms with Crippen molar-refractivity contribution in [3.63, 3.8) is 0 Å². The van der Waals surface area contributed by atoms with Crippen molar-refractivity contribution in [2.45, 2.75) is 38.7 Å². The molecule has 1 unspecified atom stereocenters. The van der Waals surface area contributed by atoms with Crippen molar-refractivity contribution < 1.29 is 19.4 Å². The Morgan fingerprint density at radius 2 is 2.19 bits per heavy atom. The number of benzene rings is 1. The number of hydrogen-bond acceptors (Lipinski definition) is 5. The standard InChI is InChI=1S/C21H34N2O4/c1-21(2,3)17-7-5-8-18(13-17)26-11-6-9-23-10-12-27-19(15-23)14-22(4)16-20(24)25/h5,7-8,13,19H,6,9-12,14-16H2,1-4H3,(H,24,25). The van der Waals surface area contributed by atoms with E-state index in [4.69, 9.17) is 14.6 Å². The van der Waals surface area contributed by atoms with E-state index in [0.29, 0.717) is 19.8 Å². The SMILES string of the molecule is CN(CC(=O)O)CC1CN(CCCOc2cccc(C(C)(C)C)c2)CCO1.